The Morgan fingerprint density at radius 3 is 2.53 bits per heavy atom. The highest BCUT2D eigenvalue weighted by Gasteiger charge is 2.26. The molecule has 0 unspecified atom stereocenters. The molecule has 0 N–H and O–H groups in total. The van der Waals surface area contributed by atoms with Crippen LogP contribution in [0, 0.1) is 5.41 Å². The van der Waals surface area contributed by atoms with Gasteiger partial charge in [-0.25, -0.2) is 0 Å². The maximum Gasteiger partial charge on any atom is -0.0104 e. The zero-order chi connectivity index (χ0) is 14.3. The highest BCUT2D eigenvalue weighted by molar-refractivity contribution is 5.36. The summed E-state index contributed by atoms with van der Waals surface area (Å²) in [6.07, 6.45) is 18.8. The summed E-state index contributed by atoms with van der Waals surface area (Å²) >= 11 is 0. The molecule has 1 rings (SSSR count). The van der Waals surface area contributed by atoms with Crippen molar-refractivity contribution in [1.29, 1.82) is 0 Å². The highest BCUT2D eigenvalue weighted by Crippen LogP contribution is 2.40. The molecule has 0 aromatic heterocycles. The standard InChI is InChI=1S/C19H28/c1-6-7-8-9-11-16(2)13-14-18-17(3)12-10-15-19(18,4)5/h6-9,11,13-14H,10,12,15H2,1-5H3/b7-6+,9-8+,14-13+,16-11+. The van der Waals surface area contributed by atoms with E-state index in [4.69, 9.17) is 0 Å². The lowest BCUT2D eigenvalue weighted by atomic mass is 9.72. The SMILES string of the molecule is C/C=C/C=C/C=C(C)/C=C/C1=C(C)CCCC1(C)C. The van der Waals surface area contributed by atoms with E-state index in [1.165, 1.54) is 30.4 Å². The maximum absolute atomic E-state index is 2.36. The van der Waals surface area contributed by atoms with Crippen molar-refractivity contribution < 1.29 is 0 Å². The van der Waals surface area contributed by atoms with E-state index in [9.17, 15) is 0 Å². The van der Waals surface area contributed by atoms with E-state index < -0.39 is 0 Å². The average Bonchev–Trinajstić information content (AvgIpc) is 2.33. The summed E-state index contributed by atoms with van der Waals surface area (Å²) in [6.45, 7) is 11.2. The number of hydrogen-bond donors (Lipinski definition) is 0. The maximum atomic E-state index is 2.36. The molecule has 0 amide bonds. The first-order valence-corrected chi connectivity index (χ1v) is 7.32. The van der Waals surface area contributed by atoms with Gasteiger partial charge in [0.1, 0.15) is 0 Å². The second-order valence-electron chi connectivity index (χ2n) is 6.09. The molecular weight excluding hydrogens is 228 g/mol. The van der Waals surface area contributed by atoms with Gasteiger partial charge < -0.3 is 0 Å². The van der Waals surface area contributed by atoms with Gasteiger partial charge in [-0.1, -0.05) is 67.5 Å². The van der Waals surface area contributed by atoms with E-state index in [0.717, 1.165) is 0 Å². The quantitative estimate of drug-likeness (QED) is 0.529. The van der Waals surface area contributed by atoms with Crippen molar-refractivity contribution in [2.75, 3.05) is 0 Å². The van der Waals surface area contributed by atoms with Crippen LogP contribution in [0.15, 0.2) is 59.3 Å². The van der Waals surface area contributed by atoms with Crippen LogP contribution >= 0.6 is 0 Å². The first-order valence-electron chi connectivity index (χ1n) is 7.32. The summed E-state index contributed by atoms with van der Waals surface area (Å²) in [5.74, 6) is 0. The molecule has 0 atom stereocenters. The molecule has 0 saturated carbocycles. The van der Waals surface area contributed by atoms with Crippen LogP contribution in [-0.4, -0.2) is 0 Å². The minimum atomic E-state index is 0.333. The van der Waals surface area contributed by atoms with Crippen molar-refractivity contribution in [1.82, 2.24) is 0 Å². The van der Waals surface area contributed by atoms with Crippen LogP contribution in [0.3, 0.4) is 0 Å². The van der Waals surface area contributed by atoms with Crippen molar-refractivity contribution >= 4 is 0 Å². The molecule has 0 heterocycles. The van der Waals surface area contributed by atoms with Crippen LogP contribution in [0.5, 0.6) is 0 Å². The smallest absolute Gasteiger partial charge is 0.0104 e. The molecule has 19 heavy (non-hydrogen) atoms. The van der Waals surface area contributed by atoms with Gasteiger partial charge in [0, 0.05) is 0 Å². The van der Waals surface area contributed by atoms with E-state index in [1.807, 2.05) is 19.1 Å². The Balaban J connectivity index is 2.80. The summed E-state index contributed by atoms with van der Waals surface area (Å²) in [7, 11) is 0. The molecule has 0 heteroatoms. The molecule has 0 nitrogen and oxygen atoms in total. The number of hydrogen-bond acceptors (Lipinski definition) is 0. The molecule has 0 bridgehead atoms. The third kappa shape index (κ3) is 5.06. The molecular formula is C19H28. The fourth-order valence-corrected chi connectivity index (χ4v) is 2.66. The molecule has 0 fully saturated rings. The van der Waals surface area contributed by atoms with Gasteiger partial charge in [-0.2, -0.15) is 0 Å². The fourth-order valence-electron chi connectivity index (χ4n) is 2.66. The molecule has 1 aliphatic rings. The normalized spacial score (nSPS) is 21.2. The second kappa shape index (κ2) is 7.33. The van der Waals surface area contributed by atoms with E-state index >= 15 is 0 Å². The fraction of sp³-hybridized carbons (Fsp3) is 0.474. The third-order valence-corrected chi connectivity index (χ3v) is 3.83. The topological polar surface area (TPSA) is 0 Å². The average molecular weight is 256 g/mol. The van der Waals surface area contributed by atoms with Gasteiger partial charge in [0.25, 0.3) is 0 Å². The first kappa shape index (κ1) is 15.8. The lowest BCUT2D eigenvalue weighted by Crippen LogP contribution is -2.19. The van der Waals surface area contributed by atoms with E-state index in [2.05, 4.69) is 58.1 Å². The van der Waals surface area contributed by atoms with Crippen LogP contribution in [0.25, 0.3) is 0 Å². The molecule has 0 saturated heterocycles. The van der Waals surface area contributed by atoms with Crippen molar-refractivity contribution in [3.05, 3.63) is 59.3 Å². The van der Waals surface area contributed by atoms with Crippen LogP contribution in [0.2, 0.25) is 0 Å². The third-order valence-electron chi connectivity index (χ3n) is 3.83. The summed E-state index contributed by atoms with van der Waals surface area (Å²) in [5, 5.41) is 0. The van der Waals surface area contributed by atoms with Crippen molar-refractivity contribution in [2.45, 2.75) is 53.9 Å². The molecule has 104 valence electrons. The first-order chi connectivity index (χ1) is 8.97. The van der Waals surface area contributed by atoms with Gasteiger partial charge >= 0.3 is 0 Å². The van der Waals surface area contributed by atoms with Gasteiger partial charge in [-0.3, -0.25) is 0 Å². The molecule has 0 aromatic rings. The monoisotopic (exact) mass is 256 g/mol. The minimum absolute atomic E-state index is 0.333. The molecule has 0 spiro atoms. The Bertz CT molecular complexity index is 437. The van der Waals surface area contributed by atoms with Gasteiger partial charge in [0.05, 0.1) is 0 Å². The zero-order valence-corrected chi connectivity index (χ0v) is 13.2. The molecule has 1 aliphatic carbocycles. The Kier molecular flexibility index (Phi) is 6.08. The second-order valence-corrected chi connectivity index (χ2v) is 6.09. The van der Waals surface area contributed by atoms with Gasteiger partial charge in [-0.05, 0) is 51.0 Å². The molecule has 0 aliphatic heterocycles. The predicted molar refractivity (Wildman–Crippen MR) is 87.2 cm³/mol. The number of allylic oxidation sites excluding steroid dienone is 10. The zero-order valence-electron chi connectivity index (χ0n) is 13.2. The van der Waals surface area contributed by atoms with Crippen LogP contribution in [-0.2, 0) is 0 Å². The Morgan fingerprint density at radius 1 is 1.16 bits per heavy atom. The van der Waals surface area contributed by atoms with E-state index in [-0.39, 0.29) is 0 Å². The van der Waals surface area contributed by atoms with Crippen molar-refractivity contribution in [2.24, 2.45) is 5.41 Å². The Morgan fingerprint density at radius 2 is 1.89 bits per heavy atom. The Labute approximate surface area is 119 Å². The summed E-state index contributed by atoms with van der Waals surface area (Å²) < 4.78 is 0. The minimum Gasteiger partial charge on any atom is -0.0877 e. The molecule has 0 aromatic carbocycles. The van der Waals surface area contributed by atoms with Gasteiger partial charge in [-0.15, -0.1) is 0 Å². The van der Waals surface area contributed by atoms with E-state index in [0.29, 0.717) is 5.41 Å². The summed E-state index contributed by atoms with van der Waals surface area (Å²) in [5.41, 5.74) is 4.72. The van der Waals surface area contributed by atoms with Gasteiger partial charge in [0.15, 0.2) is 0 Å². The van der Waals surface area contributed by atoms with E-state index in [1.54, 1.807) is 5.57 Å². The molecule has 0 radical (unpaired) electrons. The van der Waals surface area contributed by atoms with Crippen molar-refractivity contribution in [3.63, 3.8) is 0 Å². The van der Waals surface area contributed by atoms with Crippen molar-refractivity contribution in [3.8, 4) is 0 Å². The number of rotatable bonds is 4. The predicted octanol–water partition coefficient (Wildman–Crippen LogP) is 6.15. The van der Waals surface area contributed by atoms with Crippen LogP contribution in [0.1, 0.15) is 53.9 Å². The largest absolute Gasteiger partial charge is 0.0877 e. The summed E-state index contributed by atoms with van der Waals surface area (Å²) in [6, 6.07) is 0. The van der Waals surface area contributed by atoms with Crippen LogP contribution in [0.4, 0.5) is 0 Å². The Hall–Kier alpha value is -1.30. The lowest BCUT2D eigenvalue weighted by molar-refractivity contribution is 0.377. The van der Waals surface area contributed by atoms with Gasteiger partial charge in [0.2, 0.25) is 0 Å². The summed E-state index contributed by atoms with van der Waals surface area (Å²) in [4.78, 5) is 0. The highest BCUT2D eigenvalue weighted by atomic mass is 14.3. The van der Waals surface area contributed by atoms with Crippen LogP contribution < -0.4 is 0 Å². The lowest BCUT2D eigenvalue weighted by Gasteiger charge is -2.32.